The second-order valence-electron chi connectivity index (χ2n) is 5.92. The summed E-state index contributed by atoms with van der Waals surface area (Å²) in [5.41, 5.74) is 3.16. The minimum Gasteiger partial charge on any atom is -0.437 e. The molecule has 130 valence electrons. The topological polar surface area (TPSA) is 32.8 Å². The summed E-state index contributed by atoms with van der Waals surface area (Å²) in [6.07, 6.45) is 1.67. The van der Waals surface area contributed by atoms with Gasteiger partial charge in [0.2, 0.25) is 5.88 Å². The Hall–Kier alpha value is -2.57. The van der Waals surface area contributed by atoms with Crippen LogP contribution < -0.4 is 9.64 Å². The zero-order chi connectivity index (χ0) is 18.3. The van der Waals surface area contributed by atoms with E-state index in [-0.39, 0.29) is 5.91 Å². The predicted molar refractivity (Wildman–Crippen MR) is 110 cm³/mol. The highest BCUT2D eigenvalue weighted by Gasteiger charge is 2.38. The van der Waals surface area contributed by atoms with E-state index in [2.05, 4.69) is 24.8 Å². The smallest absolute Gasteiger partial charge is 0.271 e. The molecule has 1 saturated heterocycles. The number of benzene rings is 2. The number of ether oxygens (including phenoxy) is 1. The van der Waals surface area contributed by atoms with Gasteiger partial charge < -0.3 is 9.64 Å². The van der Waals surface area contributed by atoms with Gasteiger partial charge in [-0.25, -0.2) is 0 Å². The van der Waals surface area contributed by atoms with Crippen molar-refractivity contribution in [2.24, 2.45) is 0 Å². The Morgan fingerprint density at radius 2 is 1.96 bits per heavy atom. The van der Waals surface area contributed by atoms with Crippen LogP contribution in [0.2, 0.25) is 0 Å². The van der Waals surface area contributed by atoms with Crippen molar-refractivity contribution in [3.8, 4) is 16.9 Å². The van der Waals surface area contributed by atoms with Crippen molar-refractivity contribution < 1.29 is 9.53 Å². The van der Waals surface area contributed by atoms with Crippen LogP contribution in [0.1, 0.15) is 0 Å². The molecule has 6 heteroatoms. The number of thiocarbonyl (C=S) groups is 1. The monoisotopic (exact) mass is 380 g/mol. The van der Waals surface area contributed by atoms with Crippen LogP contribution in [0.25, 0.3) is 11.1 Å². The van der Waals surface area contributed by atoms with Gasteiger partial charge in [-0.2, -0.15) is 0 Å². The Morgan fingerprint density at radius 3 is 2.69 bits per heavy atom. The molecule has 2 heterocycles. The van der Waals surface area contributed by atoms with Gasteiger partial charge in [0, 0.05) is 13.6 Å². The van der Waals surface area contributed by atoms with Crippen LogP contribution in [0.3, 0.4) is 0 Å². The number of rotatable bonds is 3. The van der Waals surface area contributed by atoms with Gasteiger partial charge in [0.05, 0.1) is 5.69 Å². The van der Waals surface area contributed by atoms with Crippen LogP contribution in [0.4, 0.5) is 5.69 Å². The van der Waals surface area contributed by atoms with Gasteiger partial charge in [0.15, 0.2) is 5.75 Å². The van der Waals surface area contributed by atoms with E-state index in [1.54, 1.807) is 6.08 Å². The first-order chi connectivity index (χ1) is 12.6. The van der Waals surface area contributed by atoms with E-state index in [4.69, 9.17) is 17.0 Å². The van der Waals surface area contributed by atoms with Gasteiger partial charge in [-0.3, -0.25) is 9.69 Å². The SMILES string of the molecule is C=CCN1C(=O)C(=C2Oc3ccc(-c4ccccc4)cc3N2C)SC1=S. The van der Waals surface area contributed by atoms with E-state index in [0.717, 1.165) is 22.6 Å². The number of thioether (sulfide) groups is 1. The van der Waals surface area contributed by atoms with E-state index in [1.165, 1.54) is 16.7 Å². The lowest BCUT2D eigenvalue weighted by molar-refractivity contribution is -0.122. The molecule has 1 amide bonds. The first kappa shape index (κ1) is 16.9. The fourth-order valence-electron chi connectivity index (χ4n) is 2.97. The van der Waals surface area contributed by atoms with E-state index in [9.17, 15) is 4.79 Å². The number of nitrogens with zero attached hydrogens (tertiary/aromatic N) is 2. The molecule has 0 unspecified atom stereocenters. The number of fused-ring (bicyclic) bond motifs is 1. The van der Waals surface area contributed by atoms with Crippen LogP contribution >= 0.6 is 24.0 Å². The third kappa shape index (κ3) is 2.71. The summed E-state index contributed by atoms with van der Waals surface area (Å²) in [6, 6.07) is 16.2. The fraction of sp³-hybridized carbons (Fsp3) is 0.100. The van der Waals surface area contributed by atoms with E-state index in [1.807, 2.05) is 42.3 Å². The van der Waals surface area contributed by atoms with Gasteiger partial charge in [0.25, 0.3) is 5.91 Å². The summed E-state index contributed by atoms with van der Waals surface area (Å²) in [4.78, 5) is 16.6. The highest BCUT2D eigenvalue weighted by molar-refractivity contribution is 8.26. The standard InChI is InChI=1S/C20H16N2O2S2/c1-3-11-22-18(23)17(26-20(22)25)19-21(2)15-12-14(9-10-16(15)24-19)13-7-5-4-6-8-13/h3-10,12H,1,11H2,2H3. The lowest BCUT2D eigenvalue weighted by Gasteiger charge is -2.14. The molecule has 0 saturated carbocycles. The molecule has 4 nitrogen and oxygen atoms in total. The average Bonchev–Trinajstić information content (AvgIpc) is 3.13. The van der Waals surface area contributed by atoms with Crippen molar-refractivity contribution in [2.75, 3.05) is 18.5 Å². The molecule has 0 spiro atoms. The first-order valence-electron chi connectivity index (χ1n) is 8.10. The summed E-state index contributed by atoms with van der Waals surface area (Å²) in [6.45, 7) is 4.08. The van der Waals surface area contributed by atoms with Crippen molar-refractivity contribution in [3.63, 3.8) is 0 Å². The van der Waals surface area contributed by atoms with Crippen molar-refractivity contribution in [2.45, 2.75) is 0 Å². The molecule has 0 bridgehead atoms. The Kier molecular flexibility index (Phi) is 4.30. The molecule has 0 atom stereocenters. The van der Waals surface area contributed by atoms with Gasteiger partial charge in [-0.05, 0) is 35.0 Å². The molecule has 1 fully saturated rings. The molecule has 26 heavy (non-hydrogen) atoms. The number of anilines is 1. The zero-order valence-electron chi connectivity index (χ0n) is 14.1. The predicted octanol–water partition coefficient (Wildman–Crippen LogP) is 4.40. The van der Waals surface area contributed by atoms with E-state index in [0.29, 0.717) is 21.7 Å². The number of carbonyl (C=O) groups excluding carboxylic acids is 1. The second kappa shape index (κ2) is 6.63. The van der Waals surface area contributed by atoms with Gasteiger partial charge in [0.1, 0.15) is 9.23 Å². The maximum absolute atomic E-state index is 12.7. The molecule has 0 aromatic heterocycles. The van der Waals surface area contributed by atoms with Gasteiger partial charge >= 0.3 is 0 Å². The van der Waals surface area contributed by atoms with Crippen molar-refractivity contribution in [1.82, 2.24) is 4.90 Å². The second-order valence-corrected chi connectivity index (χ2v) is 7.56. The summed E-state index contributed by atoms with van der Waals surface area (Å²) < 4.78 is 6.51. The minimum atomic E-state index is -0.141. The molecule has 2 aliphatic heterocycles. The highest BCUT2D eigenvalue weighted by atomic mass is 32.2. The maximum Gasteiger partial charge on any atom is 0.271 e. The fourth-order valence-corrected chi connectivity index (χ4v) is 4.28. The molecule has 2 aliphatic rings. The van der Waals surface area contributed by atoms with E-state index < -0.39 is 0 Å². The molecule has 2 aromatic rings. The zero-order valence-corrected chi connectivity index (χ0v) is 15.8. The summed E-state index contributed by atoms with van der Waals surface area (Å²) in [5.74, 6) is 1.11. The normalized spacial score (nSPS) is 19.0. The number of hydrogen-bond donors (Lipinski definition) is 0. The van der Waals surface area contributed by atoms with Gasteiger partial charge in [-0.15, -0.1) is 6.58 Å². The third-order valence-corrected chi connectivity index (χ3v) is 5.71. The first-order valence-corrected chi connectivity index (χ1v) is 9.32. The van der Waals surface area contributed by atoms with Gasteiger partial charge in [-0.1, -0.05) is 54.7 Å². The van der Waals surface area contributed by atoms with Crippen LogP contribution in [0, 0.1) is 0 Å². The quantitative estimate of drug-likeness (QED) is 0.448. The van der Waals surface area contributed by atoms with Crippen molar-refractivity contribution in [1.29, 1.82) is 0 Å². The van der Waals surface area contributed by atoms with Crippen molar-refractivity contribution in [3.05, 3.63) is 72.0 Å². The Bertz CT molecular complexity index is 954. The highest BCUT2D eigenvalue weighted by Crippen LogP contribution is 2.44. The number of amides is 1. The summed E-state index contributed by atoms with van der Waals surface area (Å²) >= 11 is 6.58. The lowest BCUT2D eigenvalue weighted by atomic mass is 10.0. The molecule has 4 rings (SSSR count). The molecular formula is C20H16N2O2S2. The summed E-state index contributed by atoms with van der Waals surface area (Å²) in [7, 11) is 1.90. The van der Waals surface area contributed by atoms with Crippen LogP contribution in [0.15, 0.2) is 72.0 Å². The maximum atomic E-state index is 12.7. The molecular weight excluding hydrogens is 364 g/mol. The molecule has 2 aromatic carbocycles. The van der Waals surface area contributed by atoms with Crippen LogP contribution in [0.5, 0.6) is 5.75 Å². The average molecular weight is 380 g/mol. The number of hydrogen-bond acceptors (Lipinski definition) is 5. The third-order valence-electron chi connectivity index (χ3n) is 4.29. The van der Waals surface area contributed by atoms with Crippen LogP contribution in [-0.4, -0.2) is 28.7 Å². The lowest BCUT2D eigenvalue weighted by Crippen LogP contribution is -2.29. The Balaban J connectivity index is 1.71. The Morgan fingerprint density at radius 1 is 1.19 bits per heavy atom. The van der Waals surface area contributed by atoms with E-state index >= 15 is 0 Å². The van der Waals surface area contributed by atoms with Crippen molar-refractivity contribution >= 4 is 39.9 Å². The largest absolute Gasteiger partial charge is 0.437 e. The Labute approximate surface area is 161 Å². The molecule has 0 aliphatic carbocycles. The summed E-state index contributed by atoms with van der Waals surface area (Å²) in [5, 5.41) is 0. The molecule has 0 N–H and O–H groups in total. The van der Waals surface area contributed by atoms with Crippen LogP contribution in [-0.2, 0) is 4.79 Å². The number of carbonyl (C=O) groups is 1. The minimum absolute atomic E-state index is 0.141. The molecule has 0 radical (unpaired) electrons.